The van der Waals surface area contributed by atoms with Crippen molar-refractivity contribution in [3.8, 4) is 0 Å². The van der Waals surface area contributed by atoms with Gasteiger partial charge in [0, 0.05) is 49.3 Å². The average Bonchev–Trinajstić information content (AvgIpc) is 2.50. The van der Waals surface area contributed by atoms with Crippen molar-refractivity contribution in [2.45, 2.75) is 77.5 Å². The first kappa shape index (κ1) is 24.8. The van der Waals surface area contributed by atoms with Crippen LogP contribution in [0, 0.1) is 0 Å². The van der Waals surface area contributed by atoms with Crippen molar-refractivity contribution in [2.75, 3.05) is 39.3 Å². The highest BCUT2D eigenvalue weighted by molar-refractivity contribution is 5.76. The minimum Gasteiger partial charge on any atom is -0.369 e. The zero-order valence-corrected chi connectivity index (χ0v) is 18.7. The van der Waals surface area contributed by atoms with E-state index in [-0.39, 0.29) is 48.1 Å². The highest BCUT2D eigenvalue weighted by Gasteiger charge is 2.29. The fourth-order valence-electron chi connectivity index (χ4n) is 4.27. The molecule has 8 nitrogen and oxygen atoms in total. The molecule has 0 aromatic carbocycles. The van der Waals surface area contributed by atoms with Crippen LogP contribution in [-0.4, -0.2) is 84.0 Å². The molecule has 0 bridgehead atoms. The van der Waals surface area contributed by atoms with Gasteiger partial charge in [0.15, 0.2) is 0 Å². The van der Waals surface area contributed by atoms with Gasteiger partial charge in [-0.05, 0) is 54.4 Å². The molecule has 6 N–H and O–H groups in total. The highest BCUT2D eigenvalue weighted by atomic mass is 16.1. The first-order valence-corrected chi connectivity index (χ1v) is 10.4. The van der Waals surface area contributed by atoms with Crippen LogP contribution in [0.1, 0.15) is 54.4 Å². The van der Waals surface area contributed by atoms with Gasteiger partial charge < -0.3 is 22.1 Å². The van der Waals surface area contributed by atoms with E-state index in [1.807, 2.05) is 0 Å². The van der Waals surface area contributed by atoms with Crippen molar-refractivity contribution >= 4 is 11.8 Å². The monoisotopic (exact) mass is 398 g/mol. The molecule has 1 saturated heterocycles. The Morgan fingerprint density at radius 1 is 0.821 bits per heavy atom. The van der Waals surface area contributed by atoms with Crippen LogP contribution in [0.2, 0.25) is 0 Å². The summed E-state index contributed by atoms with van der Waals surface area (Å²) in [4.78, 5) is 27.4. The quantitative estimate of drug-likeness (QED) is 0.524. The topological polar surface area (TPSA) is 117 Å². The van der Waals surface area contributed by atoms with E-state index in [1.165, 1.54) is 0 Å². The number of carbonyl (C=O) groups is 2. The normalized spacial score (nSPS) is 28.4. The molecule has 1 aliphatic heterocycles. The summed E-state index contributed by atoms with van der Waals surface area (Å²) in [5.41, 5.74) is 10.8. The third-order valence-electron chi connectivity index (χ3n) is 5.58. The number of hydrogen-bond donors (Lipinski definition) is 4. The molecule has 0 aromatic heterocycles. The van der Waals surface area contributed by atoms with E-state index in [4.69, 9.17) is 11.5 Å². The lowest BCUT2D eigenvalue weighted by atomic mass is 9.93. The minimum atomic E-state index is -0.297. The fraction of sp³-hybridized carbons (Fsp3) is 0.900. The Hall–Kier alpha value is -1.22. The molecule has 28 heavy (non-hydrogen) atoms. The second kappa shape index (κ2) is 10.5. The average molecular weight is 399 g/mol. The van der Waals surface area contributed by atoms with E-state index in [0.717, 1.165) is 39.0 Å². The van der Waals surface area contributed by atoms with Gasteiger partial charge in [0.05, 0.1) is 13.1 Å². The minimum absolute atomic E-state index is 0.103. The van der Waals surface area contributed by atoms with Crippen LogP contribution in [0.15, 0.2) is 0 Å². The molecule has 0 unspecified atom stereocenters. The molecule has 0 aromatic rings. The van der Waals surface area contributed by atoms with Crippen molar-refractivity contribution < 1.29 is 9.59 Å². The molecule has 2 atom stereocenters. The van der Waals surface area contributed by atoms with Gasteiger partial charge in [0.2, 0.25) is 11.8 Å². The van der Waals surface area contributed by atoms with Crippen molar-refractivity contribution in [1.29, 1.82) is 0 Å². The summed E-state index contributed by atoms with van der Waals surface area (Å²) in [5, 5.41) is 7.22. The second-order valence-electron chi connectivity index (χ2n) is 9.60. The van der Waals surface area contributed by atoms with Crippen LogP contribution in [0.5, 0.6) is 0 Å². The maximum atomic E-state index is 11.5. The molecule has 0 aliphatic carbocycles. The van der Waals surface area contributed by atoms with Gasteiger partial charge in [-0.2, -0.15) is 0 Å². The summed E-state index contributed by atoms with van der Waals surface area (Å²) in [6, 6.07) is 0.423. The number of primary amides is 2. The summed E-state index contributed by atoms with van der Waals surface area (Å²) in [6.07, 6.45) is 1.77. The van der Waals surface area contributed by atoms with E-state index in [2.05, 4.69) is 62.0 Å². The molecule has 2 amide bonds. The van der Waals surface area contributed by atoms with Gasteiger partial charge in [-0.3, -0.25) is 19.4 Å². The fourth-order valence-corrected chi connectivity index (χ4v) is 4.27. The molecule has 1 rings (SSSR count). The largest absolute Gasteiger partial charge is 0.369 e. The maximum Gasteiger partial charge on any atom is 0.231 e. The zero-order valence-electron chi connectivity index (χ0n) is 18.7. The van der Waals surface area contributed by atoms with Crippen LogP contribution in [0.4, 0.5) is 0 Å². The number of nitrogens with two attached hydrogens (primary N) is 2. The number of amides is 2. The molecular weight excluding hydrogens is 356 g/mol. The highest BCUT2D eigenvalue weighted by Crippen LogP contribution is 2.19. The third kappa shape index (κ3) is 9.32. The summed E-state index contributed by atoms with van der Waals surface area (Å²) in [7, 11) is 0. The van der Waals surface area contributed by atoms with E-state index >= 15 is 0 Å². The van der Waals surface area contributed by atoms with E-state index in [9.17, 15) is 9.59 Å². The van der Waals surface area contributed by atoms with Crippen molar-refractivity contribution in [1.82, 2.24) is 20.4 Å². The van der Waals surface area contributed by atoms with E-state index in [1.54, 1.807) is 0 Å². The van der Waals surface area contributed by atoms with Gasteiger partial charge in [-0.25, -0.2) is 0 Å². The number of hydrogen-bond acceptors (Lipinski definition) is 6. The first-order chi connectivity index (χ1) is 12.8. The molecular formula is C20H42N6O2. The SMILES string of the molecule is C[C@@H]1CC(C)(C)NCCN(CC(N)=O)[C@H](C)CC(C)(C)NCCN1CC(N)=O. The van der Waals surface area contributed by atoms with E-state index < -0.39 is 0 Å². The van der Waals surface area contributed by atoms with Gasteiger partial charge in [0.25, 0.3) is 0 Å². The second-order valence-corrected chi connectivity index (χ2v) is 9.60. The number of carbonyl (C=O) groups excluding carboxylic acids is 2. The van der Waals surface area contributed by atoms with Gasteiger partial charge in [0.1, 0.15) is 0 Å². The Morgan fingerprint density at radius 2 is 1.14 bits per heavy atom. The van der Waals surface area contributed by atoms with Crippen LogP contribution in [0.3, 0.4) is 0 Å². The molecule has 0 spiro atoms. The molecule has 0 radical (unpaired) electrons. The lowest BCUT2D eigenvalue weighted by Crippen LogP contribution is -2.54. The van der Waals surface area contributed by atoms with Crippen molar-refractivity contribution in [2.24, 2.45) is 11.5 Å². The van der Waals surface area contributed by atoms with Crippen molar-refractivity contribution in [3.05, 3.63) is 0 Å². The number of rotatable bonds is 4. The van der Waals surface area contributed by atoms with Gasteiger partial charge >= 0.3 is 0 Å². The Labute approximate surface area is 170 Å². The molecule has 164 valence electrons. The van der Waals surface area contributed by atoms with Crippen LogP contribution >= 0.6 is 0 Å². The van der Waals surface area contributed by atoms with Gasteiger partial charge in [-0.15, -0.1) is 0 Å². The predicted molar refractivity (Wildman–Crippen MR) is 114 cm³/mol. The smallest absolute Gasteiger partial charge is 0.231 e. The Bertz CT molecular complexity index is 477. The van der Waals surface area contributed by atoms with Crippen LogP contribution < -0.4 is 22.1 Å². The first-order valence-electron chi connectivity index (χ1n) is 10.4. The molecule has 8 heteroatoms. The lowest BCUT2D eigenvalue weighted by molar-refractivity contribution is -0.120. The van der Waals surface area contributed by atoms with Crippen molar-refractivity contribution in [3.63, 3.8) is 0 Å². The Kier molecular flexibility index (Phi) is 9.33. The molecule has 0 saturated carbocycles. The maximum absolute atomic E-state index is 11.5. The summed E-state index contributed by atoms with van der Waals surface area (Å²) >= 11 is 0. The molecule has 1 fully saturated rings. The third-order valence-corrected chi connectivity index (χ3v) is 5.58. The molecule has 1 heterocycles. The van der Waals surface area contributed by atoms with E-state index in [0.29, 0.717) is 0 Å². The molecule has 1 aliphatic rings. The summed E-state index contributed by atoms with van der Waals surface area (Å²) in [5.74, 6) is -0.595. The number of nitrogens with zero attached hydrogens (tertiary/aromatic N) is 2. The summed E-state index contributed by atoms with van der Waals surface area (Å²) < 4.78 is 0. The predicted octanol–water partition coefficient (Wildman–Crippen LogP) is -0.132. The Morgan fingerprint density at radius 3 is 1.43 bits per heavy atom. The van der Waals surface area contributed by atoms with Gasteiger partial charge in [-0.1, -0.05) is 0 Å². The van der Waals surface area contributed by atoms with Crippen LogP contribution in [0.25, 0.3) is 0 Å². The number of nitrogens with one attached hydrogen (secondary N) is 2. The summed E-state index contributed by atoms with van der Waals surface area (Å²) in [6.45, 7) is 16.5. The van der Waals surface area contributed by atoms with Crippen LogP contribution in [-0.2, 0) is 9.59 Å². The Balaban J connectivity index is 2.97. The standard InChI is InChI=1S/C20H42N6O2/c1-15-11-19(3,4)23-8-10-26(14-18(22)28)16(2)12-20(5,6)24-7-9-25(15)13-17(21)27/h15-16,23-24H,7-14H2,1-6H3,(H2,21,27)(H2,22,28)/t15-,16-/m1/s1. The zero-order chi connectivity index (χ0) is 21.5. The lowest BCUT2D eigenvalue weighted by Gasteiger charge is -2.39.